The number of hydrogen-bond acceptors (Lipinski definition) is 5. The molecule has 3 atom stereocenters. The Morgan fingerprint density at radius 3 is 1.51 bits per heavy atom. The highest BCUT2D eigenvalue weighted by Gasteiger charge is 2.27. The van der Waals surface area contributed by atoms with Gasteiger partial charge in [0.25, 0.3) is 0 Å². The van der Waals surface area contributed by atoms with Gasteiger partial charge in [0.2, 0.25) is 5.91 Å². The molecule has 0 fully saturated rings. The summed E-state index contributed by atoms with van der Waals surface area (Å²) >= 11 is 0. The Kier molecular flexibility index (Phi) is 32.6. The number of unbranched alkanes of at least 4 members (excludes halogenated alkanes) is 24. The van der Waals surface area contributed by atoms with E-state index in [1.807, 2.05) is 27.2 Å². The fraction of sp³-hybridized carbons (Fsp3) is 0.925. The first-order valence-electron chi connectivity index (χ1n) is 20.6. The highest BCUT2D eigenvalue weighted by atomic mass is 31.2. The molecule has 0 aliphatic carbocycles. The molecule has 9 heteroatoms. The average molecular weight is 718 g/mol. The van der Waals surface area contributed by atoms with Crippen LogP contribution in [-0.2, 0) is 18.4 Å². The third kappa shape index (κ3) is 35.4. The average Bonchev–Trinajstić information content (AvgIpc) is 3.04. The largest absolute Gasteiger partial charge is 0.472 e. The molecule has 49 heavy (non-hydrogen) atoms. The molecule has 0 bridgehead atoms. The normalized spacial score (nSPS) is 14.7. The number of allylic oxidation sites excluding steroid dienone is 1. The van der Waals surface area contributed by atoms with Gasteiger partial charge in [0.1, 0.15) is 13.2 Å². The van der Waals surface area contributed by atoms with E-state index in [1.165, 1.54) is 122 Å². The number of likely N-dealkylation sites (N-methyl/N-ethyl adjacent to an activating group) is 1. The van der Waals surface area contributed by atoms with Crippen LogP contribution in [-0.4, -0.2) is 73.4 Å². The molecule has 0 aromatic carbocycles. The minimum Gasteiger partial charge on any atom is -0.387 e. The summed E-state index contributed by atoms with van der Waals surface area (Å²) in [7, 11) is 1.57. The summed E-state index contributed by atoms with van der Waals surface area (Å²) in [4.78, 5) is 22.9. The second-order valence-electron chi connectivity index (χ2n) is 15.4. The Bertz CT molecular complexity index is 819. The van der Waals surface area contributed by atoms with E-state index in [9.17, 15) is 19.4 Å². The van der Waals surface area contributed by atoms with Crippen molar-refractivity contribution in [1.29, 1.82) is 0 Å². The van der Waals surface area contributed by atoms with Crippen molar-refractivity contribution in [3.8, 4) is 0 Å². The van der Waals surface area contributed by atoms with Gasteiger partial charge in [-0.1, -0.05) is 174 Å². The van der Waals surface area contributed by atoms with Gasteiger partial charge in [-0.3, -0.25) is 13.8 Å². The van der Waals surface area contributed by atoms with Crippen molar-refractivity contribution < 1.29 is 32.9 Å². The van der Waals surface area contributed by atoms with E-state index in [1.54, 1.807) is 6.08 Å². The fourth-order valence-corrected chi connectivity index (χ4v) is 6.66. The number of aliphatic hydroxyl groups is 1. The summed E-state index contributed by atoms with van der Waals surface area (Å²) < 4.78 is 23.3. The fourth-order valence-electron chi connectivity index (χ4n) is 5.92. The minimum absolute atomic E-state index is 0.0632. The molecule has 0 rings (SSSR count). The van der Waals surface area contributed by atoms with Gasteiger partial charge < -0.3 is 19.8 Å². The summed E-state index contributed by atoms with van der Waals surface area (Å²) in [6.07, 6.45) is 36.1. The molecule has 0 aromatic rings. The smallest absolute Gasteiger partial charge is 0.387 e. The molecule has 3 N–H and O–H groups in total. The topological polar surface area (TPSA) is 105 Å². The highest BCUT2D eigenvalue weighted by molar-refractivity contribution is 7.47. The van der Waals surface area contributed by atoms with Crippen LogP contribution in [0.5, 0.6) is 0 Å². The third-order valence-electron chi connectivity index (χ3n) is 9.26. The molecule has 8 nitrogen and oxygen atoms in total. The molecule has 1 amide bonds. The van der Waals surface area contributed by atoms with Gasteiger partial charge in [-0.2, -0.15) is 0 Å². The zero-order valence-corrected chi connectivity index (χ0v) is 33.8. The van der Waals surface area contributed by atoms with Crippen molar-refractivity contribution in [1.82, 2.24) is 5.32 Å². The molecule has 0 aliphatic heterocycles. The van der Waals surface area contributed by atoms with Crippen LogP contribution in [0.1, 0.15) is 187 Å². The van der Waals surface area contributed by atoms with Crippen molar-refractivity contribution in [2.24, 2.45) is 0 Å². The summed E-state index contributed by atoms with van der Waals surface area (Å²) in [5.41, 5.74) is 0. The molecule has 3 unspecified atom stereocenters. The quantitative estimate of drug-likeness (QED) is 0.0256. The van der Waals surface area contributed by atoms with E-state index in [4.69, 9.17) is 9.05 Å². The lowest BCUT2D eigenvalue weighted by Gasteiger charge is -2.25. The van der Waals surface area contributed by atoms with Gasteiger partial charge in [-0.15, -0.1) is 0 Å². The van der Waals surface area contributed by atoms with Gasteiger partial charge in [-0.25, -0.2) is 4.57 Å². The zero-order valence-electron chi connectivity index (χ0n) is 32.9. The number of quaternary nitrogens is 1. The van der Waals surface area contributed by atoms with Crippen LogP contribution in [0.25, 0.3) is 0 Å². The monoisotopic (exact) mass is 718 g/mol. The first-order valence-corrected chi connectivity index (χ1v) is 22.1. The van der Waals surface area contributed by atoms with E-state index >= 15 is 0 Å². The number of aliphatic hydroxyl groups excluding tert-OH is 1. The van der Waals surface area contributed by atoms with Crippen LogP contribution in [0.15, 0.2) is 12.2 Å². The lowest BCUT2D eigenvalue weighted by molar-refractivity contribution is -0.870. The van der Waals surface area contributed by atoms with Crippen molar-refractivity contribution in [2.45, 2.75) is 199 Å². The van der Waals surface area contributed by atoms with Crippen LogP contribution in [0.2, 0.25) is 0 Å². The van der Waals surface area contributed by atoms with Crippen LogP contribution >= 0.6 is 7.82 Å². The number of carbonyl (C=O) groups is 1. The minimum atomic E-state index is -4.31. The molecule has 0 aliphatic rings. The Morgan fingerprint density at radius 1 is 0.673 bits per heavy atom. The number of rotatable bonds is 37. The van der Waals surface area contributed by atoms with Gasteiger partial charge in [0.05, 0.1) is 39.9 Å². The number of phosphoric acid groups is 1. The van der Waals surface area contributed by atoms with Gasteiger partial charge in [-0.05, 0) is 19.3 Å². The van der Waals surface area contributed by atoms with E-state index in [-0.39, 0.29) is 19.1 Å². The molecule has 0 heterocycles. The van der Waals surface area contributed by atoms with Crippen LogP contribution < -0.4 is 5.32 Å². The van der Waals surface area contributed by atoms with E-state index in [0.29, 0.717) is 17.4 Å². The van der Waals surface area contributed by atoms with E-state index < -0.39 is 20.0 Å². The second kappa shape index (κ2) is 33.1. The number of phosphoric ester groups is 1. The lowest BCUT2D eigenvalue weighted by Crippen LogP contribution is -2.45. The number of nitrogens with one attached hydrogen (secondary N) is 1. The van der Waals surface area contributed by atoms with Crippen molar-refractivity contribution in [3.63, 3.8) is 0 Å². The Balaban J connectivity index is 4.04. The molecule has 0 saturated heterocycles. The standard InChI is InChI=1S/C40H81N2O6P/c1-6-8-10-12-13-14-15-16-17-18-19-20-21-22-23-24-25-26-27-28-30-32-34-40(44)41-38(39(43)33-31-29-11-9-7-2)37-48-49(45,46)47-36-35-42(3,4)5/h31,33,38-39,43H,6-30,32,34-37H2,1-5H3,(H-,41,44,45,46)/p+1/b33-31+. The summed E-state index contributed by atoms with van der Waals surface area (Å²) in [6, 6.07) is -0.836. The SMILES string of the molecule is CCCCC/C=C/C(O)C(COP(=O)(O)OCC[N+](C)(C)C)NC(=O)CCCCCCCCCCCCCCCCCCCCCCCC. The van der Waals surface area contributed by atoms with Gasteiger partial charge in [0, 0.05) is 6.42 Å². The molecule has 0 spiro atoms. The van der Waals surface area contributed by atoms with Crippen molar-refractivity contribution in [2.75, 3.05) is 40.9 Å². The van der Waals surface area contributed by atoms with Gasteiger partial charge >= 0.3 is 7.82 Å². The molecular weight excluding hydrogens is 635 g/mol. The first-order chi connectivity index (χ1) is 23.5. The second-order valence-corrected chi connectivity index (χ2v) is 16.8. The summed E-state index contributed by atoms with van der Waals surface area (Å²) in [6.45, 7) is 4.71. The highest BCUT2D eigenvalue weighted by Crippen LogP contribution is 2.43. The molecule has 0 saturated carbocycles. The predicted octanol–water partition coefficient (Wildman–Crippen LogP) is 10.8. The number of hydrogen-bond donors (Lipinski definition) is 3. The Labute approximate surface area is 303 Å². The zero-order chi connectivity index (χ0) is 36.5. The number of amides is 1. The summed E-state index contributed by atoms with van der Waals surface area (Å²) in [5, 5.41) is 13.6. The van der Waals surface area contributed by atoms with Crippen LogP contribution in [0.3, 0.4) is 0 Å². The van der Waals surface area contributed by atoms with Crippen molar-refractivity contribution >= 4 is 13.7 Å². The maximum atomic E-state index is 12.7. The molecule has 292 valence electrons. The third-order valence-corrected chi connectivity index (χ3v) is 10.2. The molecule has 0 aromatic heterocycles. The lowest BCUT2D eigenvalue weighted by atomic mass is 10.0. The van der Waals surface area contributed by atoms with Gasteiger partial charge in [0.15, 0.2) is 0 Å². The Hall–Kier alpha value is -0.760. The van der Waals surface area contributed by atoms with Crippen LogP contribution in [0.4, 0.5) is 0 Å². The molecular formula is C40H82N2O6P+. The molecule has 0 radical (unpaired) electrons. The van der Waals surface area contributed by atoms with Crippen LogP contribution in [0, 0.1) is 0 Å². The maximum Gasteiger partial charge on any atom is 0.472 e. The Morgan fingerprint density at radius 2 is 1.08 bits per heavy atom. The predicted molar refractivity (Wildman–Crippen MR) is 208 cm³/mol. The number of carbonyl (C=O) groups excluding carboxylic acids is 1. The number of nitrogens with zero attached hydrogens (tertiary/aromatic N) is 1. The van der Waals surface area contributed by atoms with Crippen molar-refractivity contribution in [3.05, 3.63) is 12.2 Å². The maximum absolute atomic E-state index is 12.7. The first kappa shape index (κ1) is 48.2. The van der Waals surface area contributed by atoms with E-state index in [2.05, 4.69) is 19.2 Å². The summed E-state index contributed by atoms with van der Waals surface area (Å²) in [5.74, 6) is -0.182. The van der Waals surface area contributed by atoms with E-state index in [0.717, 1.165) is 44.9 Å².